The van der Waals surface area contributed by atoms with Gasteiger partial charge in [0.1, 0.15) is 4.21 Å². The Labute approximate surface area is 113 Å². The molecule has 2 N–H and O–H groups in total. The summed E-state index contributed by atoms with van der Waals surface area (Å²) in [5.74, 6) is 0.750. The van der Waals surface area contributed by atoms with Crippen molar-refractivity contribution in [3.05, 3.63) is 17.0 Å². The molecule has 1 heterocycles. The molecule has 0 aromatic carbocycles. The first-order valence-electron chi connectivity index (χ1n) is 6.39. The van der Waals surface area contributed by atoms with Crippen LogP contribution in [0.4, 0.5) is 0 Å². The van der Waals surface area contributed by atoms with Gasteiger partial charge in [0.25, 0.3) is 0 Å². The van der Waals surface area contributed by atoms with Crippen molar-refractivity contribution >= 4 is 21.4 Å². The van der Waals surface area contributed by atoms with E-state index in [1.807, 2.05) is 12.3 Å². The molecule has 102 valence electrons. The van der Waals surface area contributed by atoms with Crippen LogP contribution in [0.2, 0.25) is 0 Å². The molecule has 0 spiro atoms. The second-order valence-electron chi connectivity index (χ2n) is 4.68. The predicted octanol–water partition coefficient (Wildman–Crippen LogP) is 1.94. The Kier molecular flexibility index (Phi) is 4.77. The van der Waals surface area contributed by atoms with Crippen molar-refractivity contribution in [1.82, 2.24) is 10.0 Å². The minimum absolute atomic E-state index is 0.422. The van der Waals surface area contributed by atoms with Gasteiger partial charge in [-0.1, -0.05) is 19.8 Å². The molecular formula is C12H20N2O2S2. The second-order valence-corrected chi connectivity index (χ2v) is 7.59. The van der Waals surface area contributed by atoms with Gasteiger partial charge in [0.15, 0.2) is 0 Å². The third-order valence-corrected chi connectivity index (χ3v) is 5.96. The zero-order chi connectivity index (χ0) is 13.0. The van der Waals surface area contributed by atoms with Gasteiger partial charge < -0.3 is 5.32 Å². The lowest BCUT2D eigenvalue weighted by atomic mass is 10.3. The Morgan fingerprint density at radius 2 is 2.22 bits per heavy atom. The van der Waals surface area contributed by atoms with Crippen LogP contribution in [0.5, 0.6) is 0 Å². The quantitative estimate of drug-likeness (QED) is 0.768. The maximum absolute atomic E-state index is 12.0. The van der Waals surface area contributed by atoms with Crippen LogP contribution in [0.25, 0.3) is 0 Å². The monoisotopic (exact) mass is 288 g/mol. The Balaban J connectivity index is 1.88. The van der Waals surface area contributed by atoms with Crippen LogP contribution >= 0.6 is 11.3 Å². The molecule has 6 heteroatoms. The van der Waals surface area contributed by atoms with E-state index >= 15 is 0 Å². The van der Waals surface area contributed by atoms with E-state index in [2.05, 4.69) is 10.0 Å². The first-order chi connectivity index (χ1) is 8.62. The molecule has 2 rings (SSSR count). The fourth-order valence-corrected chi connectivity index (χ4v) is 4.03. The minimum atomic E-state index is -3.29. The average molecular weight is 288 g/mol. The third kappa shape index (κ3) is 4.05. The van der Waals surface area contributed by atoms with Gasteiger partial charge in [-0.3, -0.25) is 0 Å². The van der Waals surface area contributed by atoms with E-state index in [1.54, 1.807) is 6.07 Å². The molecule has 1 saturated carbocycles. The molecule has 1 aromatic heterocycles. The van der Waals surface area contributed by atoms with Gasteiger partial charge in [-0.15, -0.1) is 11.3 Å². The molecule has 0 unspecified atom stereocenters. The smallest absolute Gasteiger partial charge is 0.250 e. The Morgan fingerprint density at radius 1 is 1.44 bits per heavy atom. The van der Waals surface area contributed by atoms with E-state index in [9.17, 15) is 8.42 Å². The number of rotatable bonds is 8. The molecule has 0 atom stereocenters. The molecule has 18 heavy (non-hydrogen) atoms. The Morgan fingerprint density at radius 3 is 2.89 bits per heavy atom. The number of hydrogen-bond donors (Lipinski definition) is 2. The normalized spacial score (nSPS) is 16.1. The lowest BCUT2D eigenvalue weighted by Gasteiger charge is -2.03. The number of nitrogens with one attached hydrogen (secondary N) is 2. The summed E-state index contributed by atoms with van der Waals surface area (Å²) >= 11 is 1.29. The standard InChI is InChI=1S/C12H20N2O2S2/c1-2-13-8-11-7-12(17-9-11)18(15,16)14-6-5-10-3-4-10/h7,9-10,13-14H,2-6,8H2,1H3. The van der Waals surface area contributed by atoms with E-state index < -0.39 is 10.0 Å². The minimum Gasteiger partial charge on any atom is -0.313 e. The largest absolute Gasteiger partial charge is 0.313 e. The maximum atomic E-state index is 12.0. The molecule has 1 fully saturated rings. The topological polar surface area (TPSA) is 58.2 Å². The highest BCUT2D eigenvalue weighted by atomic mass is 32.2. The maximum Gasteiger partial charge on any atom is 0.250 e. The summed E-state index contributed by atoms with van der Waals surface area (Å²) in [6.07, 6.45) is 3.48. The Hall–Kier alpha value is -0.430. The molecule has 1 aromatic rings. The van der Waals surface area contributed by atoms with E-state index in [0.29, 0.717) is 10.8 Å². The molecule has 0 radical (unpaired) electrons. The van der Waals surface area contributed by atoms with Crippen molar-refractivity contribution in [2.24, 2.45) is 5.92 Å². The average Bonchev–Trinajstić information content (AvgIpc) is 3.02. The van der Waals surface area contributed by atoms with Crippen molar-refractivity contribution in [2.45, 2.75) is 36.9 Å². The molecule has 1 aliphatic rings. The van der Waals surface area contributed by atoms with Crippen LogP contribution in [-0.4, -0.2) is 21.5 Å². The fourth-order valence-electron chi connectivity index (χ4n) is 1.73. The van der Waals surface area contributed by atoms with Gasteiger partial charge in [0.2, 0.25) is 10.0 Å². The highest BCUT2D eigenvalue weighted by Gasteiger charge is 2.22. The summed E-state index contributed by atoms with van der Waals surface area (Å²) in [5.41, 5.74) is 1.03. The predicted molar refractivity (Wildman–Crippen MR) is 74.2 cm³/mol. The SMILES string of the molecule is CCNCc1csc(S(=O)(=O)NCCC2CC2)c1. The zero-order valence-electron chi connectivity index (χ0n) is 10.6. The molecule has 0 saturated heterocycles. The first kappa shape index (κ1) is 14.0. The van der Waals surface area contributed by atoms with Crippen LogP contribution in [0, 0.1) is 5.92 Å². The van der Waals surface area contributed by atoms with Gasteiger partial charge >= 0.3 is 0 Å². The van der Waals surface area contributed by atoms with Crippen molar-refractivity contribution in [1.29, 1.82) is 0 Å². The number of sulfonamides is 1. The molecule has 0 bridgehead atoms. The van der Waals surface area contributed by atoms with E-state index in [1.165, 1.54) is 24.2 Å². The van der Waals surface area contributed by atoms with Gasteiger partial charge in [0, 0.05) is 13.1 Å². The summed E-state index contributed by atoms with van der Waals surface area (Å²) in [6.45, 7) is 4.21. The Bertz CT molecular complexity index is 478. The fraction of sp³-hybridized carbons (Fsp3) is 0.667. The van der Waals surface area contributed by atoms with Gasteiger partial charge in [0.05, 0.1) is 0 Å². The van der Waals surface area contributed by atoms with Crippen LogP contribution in [0.3, 0.4) is 0 Å². The number of thiophene rings is 1. The van der Waals surface area contributed by atoms with Crippen LogP contribution in [0.1, 0.15) is 31.7 Å². The number of hydrogen-bond acceptors (Lipinski definition) is 4. The zero-order valence-corrected chi connectivity index (χ0v) is 12.2. The summed E-state index contributed by atoms with van der Waals surface area (Å²) in [5, 5.41) is 5.09. The lowest BCUT2D eigenvalue weighted by molar-refractivity contribution is 0.577. The highest BCUT2D eigenvalue weighted by Crippen LogP contribution is 2.32. The summed E-state index contributed by atoms with van der Waals surface area (Å²) < 4.78 is 27.1. The van der Waals surface area contributed by atoms with Crippen LogP contribution in [0.15, 0.2) is 15.7 Å². The summed E-state index contributed by atoms with van der Waals surface area (Å²) in [6, 6.07) is 1.76. The highest BCUT2D eigenvalue weighted by molar-refractivity contribution is 7.91. The van der Waals surface area contributed by atoms with Gasteiger partial charge in [-0.2, -0.15) is 0 Å². The van der Waals surface area contributed by atoms with E-state index in [4.69, 9.17) is 0 Å². The molecule has 1 aliphatic carbocycles. The summed E-state index contributed by atoms with van der Waals surface area (Å²) in [7, 11) is -3.29. The summed E-state index contributed by atoms with van der Waals surface area (Å²) in [4.78, 5) is 0. The lowest BCUT2D eigenvalue weighted by Crippen LogP contribution is -2.24. The van der Waals surface area contributed by atoms with Crippen LogP contribution < -0.4 is 10.0 Å². The van der Waals surface area contributed by atoms with Crippen molar-refractivity contribution in [3.8, 4) is 0 Å². The molecular weight excluding hydrogens is 268 g/mol. The van der Waals surface area contributed by atoms with E-state index in [-0.39, 0.29) is 0 Å². The van der Waals surface area contributed by atoms with Crippen molar-refractivity contribution in [3.63, 3.8) is 0 Å². The molecule has 0 aliphatic heterocycles. The third-order valence-electron chi connectivity index (χ3n) is 3.02. The van der Waals surface area contributed by atoms with Crippen molar-refractivity contribution in [2.75, 3.05) is 13.1 Å². The van der Waals surface area contributed by atoms with E-state index in [0.717, 1.165) is 31.0 Å². The molecule has 0 amide bonds. The van der Waals surface area contributed by atoms with Gasteiger partial charge in [-0.25, -0.2) is 13.1 Å². The molecule has 4 nitrogen and oxygen atoms in total. The second kappa shape index (κ2) is 6.14. The van der Waals surface area contributed by atoms with Gasteiger partial charge in [-0.05, 0) is 35.9 Å². The van der Waals surface area contributed by atoms with Crippen molar-refractivity contribution < 1.29 is 8.42 Å². The van der Waals surface area contributed by atoms with Crippen LogP contribution in [-0.2, 0) is 16.6 Å². The first-order valence-corrected chi connectivity index (χ1v) is 8.76.